The summed E-state index contributed by atoms with van der Waals surface area (Å²) in [6.45, 7) is 3.40. The number of carboxylic acids is 1. The van der Waals surface area contributed by atoms with E-state index >= 15 is 0 Å². The molecule has 1 aliphatic heterocycles. The summed E-state index contributed by atoms with van der Waals surface area (Å²) in [7, 11) is 0. The first-order valence-electron chi connectivity index (χ1n) is 3.73. The maximum absolute atomic E-state index is 9.60. The van der Waals surface area contributed by atoms with Gasteiger partial charge in [-0.3, -0.25) is 4.79 Å². The van der Waals surface area contributed by atoms with Crippen LogP contribution < -0.4 is 0 Å². The van der Waals surface area contributed by atoms with Crippen LogP contribution in [-0.4, -0.2) is 24.3 Å². The van der Waals surface area contributed by atoms with Crippen molar-refractivity contribution in [3.8, 4) is 0 Å². The van der Waals surface area contributed by atoms with Crippen molar-refractivity contribution in [1.29, 1.82) is 0 Å². The summed E-state index contributed by atoms with van der Waals surface area (Å²) >= 11 is 0. The molecule has 0 aromatic heterocycles. The lowest BCUT2D eigenvalue weighted by molar-refractivity contribution is -0.248. The third-order valence-electron chi connectivity index (χ3n) is 1.00. The zero-order valence-corrected chi connectivity index (χ0v) is 6.71. The van der Waals surface area contributed by atoms with Crippen LogP contribution in [0.4, 0.5) is 0 Å². The van der Waals surface area contributed by atoms with E-state index in [2.05, 4.69) is 9.78 Å². The van der Waals surface area contributed by atoms with Crippen LogP contribution in [0.15, 0.2) is 0 Å². The molecule has 1 N–H and O–H groups in total. The van der Waals surface area contributed by atoms with Gasteiger partial charge in [-0.25, -0.2) is 9.78 Å². The summed E-state index contributed by atoms with van der Waals surface area (Å²) in [5.74, 6) is -0.711. The Labute approximate surface area is 66.0 Å². The van der Waals surface area contributed by atoms with Gasteiger partial charge in [-0.15, -0.1) is 0 Å². The molecule has 1 aliphatic rings. The van der Waals surface area contributed by atoms with Crippen molar-refractivity contribution < 1.29 is 19.7 Å². The Morgan fingerprint density at radius 1 is 1.45 bits per heavy atom. The lowest BCUT2D eigenvalue weighted by atomic mass is 10.4. The van der Waals surface area contributed by atoms with Gasteiger partial charge in [-0.1, -0.05) is 6.92 Å². The molecule has 0 spiro atoms. The van der Waals surface area contributed by atoms with Gasteiger partial charge in [-0.2, -0.15) is 0 Å². The van der Waals surface area contributed by atoms with Gasteiger partial charge in [0.1, 0.15) is 0 Å². The second-order valence-corrected chi connectivity index (χ2v) is 2.14. The summed E-state index contributed by atoms with van der Waals surface area (Å²) < 4.78 is 0. The second-order valence-electron chi connectivity index (χ2n) is 2.14. The highest BCUT2D eigenvalue weighted by Gasteiger charge is 1.95. The van der Waals surface area contributed by atoms with Crippen molar-refractivity contribution in [2.24, 2.45) is 0 Å². The molecular formula is C7H14O4. The molecule has 0 saturated carbocycles. The largest absolute Gasteiger partial charge is 0.481 e. The molecule has 11 heavy (non-hydrogen) atoms. The number of aliphatic carboxylic acids is 1. The highest BCUT2D eigenvalue weighted by atomic mass is 17.2. The molecule has 0 amide bonds. The smallest absolute Gasteiger partial charge is 0.303 e. The minimum absolute atomic E-state index is 0.292. The summed E-state index contributed by atoms with van der Waals surface area (Å²) in [6, 6.07) is 0. The number of hydrogen-bond donors (Lipinski definition) is 1. The van der Waals surface area contributed by atoms with Crippen molar-refractivity contribution in [3.05, 3.63) is 0 Å². The van der Waals surface area contributed by atoms with Gasteiger partial charge in [0.15, 0.2) is 0 Å². The zero-order chi connectivity index (χ0) is 8.53. The van der Waals surface area contributed by atoms with E-state index in [0.717, 1.165) is 26.1 Å². The molecule has 1 fully saturated rings. The Morgan fingerprint density at radius 2 is 2.00 bits per heavy atom. The van der Waals surface area contributed by atoms with E-state index < -0.39 is 5.97 Å². The van der Waals surface area contributed by atoms with E-state index in [1.165, 1.54) is 0 Å². The van der Waals surface area contributed by atoms with Crippen LogP contribution in [0.5, 0.6) is 0 Å². The van der Waals surface area contributed by atoms with Crippen molar-refractivity contribution in [2.75, 3.05) is 13.2 Å². The lowest BCUT2D eigenvalue weighted by Crippen LogP contribution is -1.90. The molecule has 0 aliphatic carbocycles. The number of carboxylic acid groups (broad SMARTS) is 1. The highest BCUT2D eigenvalue weighted by Crippen LogP contribution is 1.93. The average molecular weight is 162 g/mol. The monoisotopic (exact) mass is 162 g/mol. The predicted molar refractivity (Wildman–Crippen MR) is 39.1 cm³/mol. The van der Waals surface area contributed by atoms with Crippen molar-refractivity contribution in [2.45, 2.75) is 26.2 Å². The Morgan fingerprint density at radius 3 is 2.09 bits per heavy atom. The van der Waals surface area contributed by atoms with E-state index in [-0.39, 0.29) is 0 Å². The standard InChI is InChI=1S/C4H8O2.C3H6O2/c1-2-3-4(5)6;1-2-4-5-3-1/h2-3H2,1H3,(H,5,6);1-3H2. The van der Waals surface area contributed by atoms with Crippen molar-refractivity contribution in [3.63, 3.8) is 0 Å². The fraction of sp³-hybridized carbons (Fsp3) is 0.857. The van der Waals surface area contributed by atoms with Crippen LogP contribution in [0, 0.1) is 0 Å². The Bertz CT molecular complexity index is 91.0. The topological polar surface area (TPSA) is 55.8 Å². The van der Waals surface area contributed by atoms with Gasteiger partial charge in [0, 0.05) is 12.8 Å². The summed E-state index contributed by atoms with van der Waals surface area (Å²) in [5, 5.41) is 7.91. The van der Waals surface area contributed by atoms with E-state index in [0.29, 0.717) is 6.42 Å². The van der Waals surface area contributed by atoms with E-state index in [4.69, 9.17) is 5.11 Å². The maximum Gasteiger partial charge on any atom is 0.303 e. The Hall–Kier alpha value is -0.610. The number of rotatable bonds is 2. The van der Waals surface area contributed by atoms with Gasteiger partial charge >= 0.3 is 5.97 Å². The first-order chi connectivity index (χ1) is 5.27. The van der Waals surface area contributed by atoms with E-state index in [1.54, 1.807) is 0 Å². The fourth-order valence-electron chi connectivity index (χ4n) is 0.508. The Kier molecular flexibility index (Phi) is 7.08. The molecule has 0 unspecified atom stereocenters. The summed E-state index contributed by atoms with van der Waals surface area (Å²) in [4.78, 5) is 18.5. The van der Waals surface area contributed by atoms with Gasteiger partial charge in [-0.05, 0) is 6.42 Å². The minimum atomic E-state index is -0.711. The summed E-state index contributed by atoms with van der Waals surface area (Å²) in [6.07, 6.45) is 2.08. The van der Waals surface area contributed by atoms with Crippen LogP contribution in [0.25, 0.3) is 0 Å². The highest BCUT2D eigenvalue weighted by molar-refractivity contribution is 5.66. The molecule has 1 saturated heterocycles. The third kappa shape index (κ3) is 9.39. The normalized spacial score (nSPS) is 15.4. The molecule has 4 heteroatoms. The fourth-order valence-corrected chi connectivity index (χ4v) is 0.508. The Balaban J connectivity index is 0.000000183. The van der Waals surface area contributed by atoms with Gasteiger partial charge in [0.05, 0.1) is 13.2 Å². The molecule has 0 bridgehead atoms. The predicted octanol–water partition coefficient (Wildman–Crippen LogP) is 1.21. The van der Waals surface area contributed by atoms with Crippen LogP contribution in [0.1, 0.15) is 26.2 Å². The van der Waals surface area contributed by atoms with Crippen LogP contribution in [0.3, 0.4) is 0 Å². The van der Waals surface area contributed by atoms with Gasteiger partial charge in [0.25, 0.3) is 0 Å². The third-order valence-corrected chi connectivity index (χ3v) is 1.00. The van der Waals surface area contributed by atoms with Crippen LogP contribution in [-0.2, 0) is 14.6 Å². The first kappa shape index (κ1) is 10.4. The average Bonchev–Trinajstić information content (AvgIpc) is 2.41. The minimum Gasteiger partial charge on any atom is -0.481 e. The van der Waals surface area contributed by atoms with Crippen LogP contribution >= 0.6 is 0 Å². The van der Waals surface area contributed by atoms with Gasteiger partial charge in [0.2, 0.25) is 0 Å². The molecule has 1 heterocycles. The van der Waals surface area contributed by atoms with E-state index in [1.807, 2.05) is 6.92 Å². The van der Waals surface area contributed by atoms with Crippen molar-refractivity contribution in [1.82, 2.24) is 0 Å². The molecule has 0 radical (unpaired) electrons. The molecule has 66 valence electrons. The number of carbonyl (C=O) groups is 1. The van der Waals surface area contributed by atoms with Crippen LogP contribution in [0.2, 0.25) is 0 Å². The summed E-state index contributed by atoms with van der Waals surface area (Å²) in [5.41, 5.74) is 0. The molecule has 0 atom stereocenters. The second kappa shape index (κ2) is 7.50. The molecule has 1 rings (SSSR count). The first-order valence-corrected chi connectivity index (χ1v) is 3.73. The van der Waals surface area contributed by atoms with E-state index in [9.17, 15) is 4.79 Å². The lowest BCUT2D eigenvalue weighted by Gasteiger charge is -1.79. The quantitative estimate of drug-likeness (QED) is 0.620. The van der Waals surface area contributed by atoms with Gasteiger partial charge < -0.3 is 5.11 Å². The molecule has 4 nitrogen and oxygen atoms in total. The molecule has 0 aromatic carbocycles. The van der Waals surface area contributed by atoms with Crippen molar-refractivity contribution >= 4 is 5.97 Å². The maximum atomic E-state index is 9.60. The zero-order valence-electron chi connectivity index (χ0n) is 6.71. The molecular weight excluding hydrogens is 148 g/mol. The SMILES string of the molecule is C1COOC1.CCCC(=O)O. The number of hydrogen-bond acceptors (Lipinski definition) is 3. The molecule has 0 aromatic rings.